The summed E-state index contributed by atoms with van der Waals surface area (Å²) in [6.07, 6.45) is -0.836. The van der Waals surface area contributed by atoms with Gasteiger partial charge in [-0.25, -0.2) is 8.78 Å². The third-order valence-electron chi connectivity index (χ3n) is 1.88. The van der Waals surface area contributed by atoms with Gasteiger partial charge in [0, 0.05) is 6.42 Å². The topological polar surface area (TPSA) is 0 Å². The first-order valence-electron chi connectivity index (χ1n) is 4.21. The summed E-state index contributed by atoms with van der Waals surface area (Å²) in [5.41, 5.74) is -1.67. The Bertz CT molecular complexity index is 154. The van der Waals surface area contributed by atoms with Crippen LogP contribution in [0.15, 0.2) is 12.2 Å². The highest BCUT2D eigenvalue weighted by atomic mass is 19.3. The summed E-state index contributed by atoms with van der Waals surface area (Å²) in [6, 6.07) is 0. The van der Waals surface area contributed by atoms with Crippen LogP contribution in [0.25, 0.3) is 0 Å². The molecule has 0 unspecified atom stereocenters. The Morgan fingerprint density at radius 3 is 1.79 bits per heavy atom. The van der Waals surface area contributed by atoms with Crippen LogP contribution in [0, 0.1) is 5.41 Å². The van der Waals surface area contributed by atoms with Crippen LogP contribution < -0.4 is 0 Å². The Kier molecular flexibility index (Phi) is 6.49. The average molecular weight is 216 g/mol. The molecule has 0 aromatic heterocycles. The van der Waals surface area contributed by atoms with Crippen molar-refractivity contribution < 1.29 is 22.0 Å². The van der Waals surface area contributed by atoms with Crippen molar-refractivity contribution in [3.05, 3.63) is 12.2 Å². The van der Waals surface area contributed by atoms with E-state index in [1.807, 2.05) is 0 Å². The van der Waals surface area contributed by atoms with Gasteiger partial charge < -0.3 is 0 Å². The minimum Gasteiger partial charge on any atom is -0.250 e. The van der Waals surface area contributed by atoms with Gasteiger partial charge in [0.15, 0.2) is 0 Å². The summed E-state index contributed by atoms with van der Waals surface area (Å²) >= 11 is 0. The minimum atomic E-state index is -2.48. The van der Waals surface area contributed by atoms with Crippen molar-refractivity contribution in [2.75, 3.05) is 20.0 Å². The third-order valence-corrected chi connectivity index (χ3v) is 1.88. The highest BCUT2D eigenvalue weighted by Crippen LogP contribution is 2.25. The fourth-order valence-corrected chi connectivity index (χ4v) is 0.803. The van der Waals surface area contributed by atoms with Crippen LogP contribution in [0.2, 0.25) is 0 Å². The van der Waals surface area contributed by atoms with E-state index >= 15 is 0 Å². The molecule has 0 atom stereocenters. The second-order valence-electron chi connectivity index (χ2n) is 3.20. The molecular formula is C9H13F5. The molecule has 0 rings (SSSR count). The van der Waals surface area contributed by atoms with Gasteiger partial charge in [-0.2, -0.15) is 0 Å². The molecule has 0 spiro atoms. The van der Waals surface area contributed by atoms with Crippen molar-refractivity contribution in [2.45, 2.75) is 19.3 Å². The largest absolute Gasteiger partial charge is 0.250 e. The van der Waals surface area contributed by atoms with E-state index in [1.54, 1.807) is 0 Å². The molecule has 0 aromatic carbocycles. The van der Waals surface area contributed by atoms with Crippen LogP contribution in [-0.2, 0) is 0 Å². The highest BCUT2D eigenvalue weighted by Gasteiger charge is 2.29. The van der Waals surface area contributed by atoms with Crippen LogP contribution in [0.1, 0.15) is 12.8 Å². The SMILES string of the molecule is FCC(CF)(CF)CC=CCC(F)F. The monoisotopic (exact) mass is 216 g/mol. The summed E-state index contributed by atoms with van der Waals surface area (Å²) < 4.78 is 60.0. The predicted molar refractivity (Wildman–Crippen MR) is 44.7 cm³/mol. The van der Waals surface area contributed by atoms with Gasteiger partial charge in [0.2, 0.25) is 6.43 Å². The summed E-state index contributed by atoms with van der Waals surface area (Å²) in [6.45, 7) is -3.38. The van der Waals surface area contributed by atoms with Gasteiger partial charge in [-0.15, -0.1) is 0 Å². The molecule has 0 radical (unpaired) electrons. The lowest BCUT2D eigenvalue weighted by Gasteiger charge is -2.21. The molecule has 0 nitrogen and oxygen atoms in total. The number of allylic oxidation sites excluding steroid dienone is 2. The van der Waals surface area contributed by atoms with E-state index in [0.29, 0.717) is 0 Å². The molecule has 0 aliphatic rings. The molecule has 14 heavy (non-hydrogen) atoms. The molecule has 0 fully saturated rings. The van der Waals surface area contributed by atoms with Gasteiger partial charge in [0.05, 0.1) is 5.41 Å². The molecule has 0 aliphatic carbocycles. The number of hydrogen-bond donors (Lipinski definition) is 0. The Morgan fingerprint density at radius 2 is 1.43 bits per heavy atom. The number of alkyl halides is 5. The van der Waals surface area contributed by atoms with Crippen molar-refractivity contribution in [2.24, 2.45) is 5.41 Å². The smallest absolute Gasteiger partial charge is 0.242 e. The molecule has 5 heteroatoms. The van der Waals surface area contributed by atoms with Crippen molar-refractivity contribution >= 4 is 0 Å². The van der Waals surface area contributed by atoms with Crippen LogP contribution in [0.5, 0.6) is 0 Å². The van der Waals surface area contributed by atoms with Gasteiger partial charge in [-0.05, 0) is 6.42 Å². The van der Waals surface area contributed by atoms with Gasteiger partial charge in [0.1, 0.15) is 20.0 Å². The second kappa shape index (κ2) is 6.79. The van der Waals surface area contributed by atoms with Crippen LogP contribution in [0.3, 0.4) is 0 Å². The number of halogens is 5. The summed E-state index contributed by atoms with van der Waals surface area (Å²) in [5, 5.41) is 0. The standard InChI is InChI=1S/C9H13F5/c10-5-9(6-11,7-12)4-2-1-3-8(13)14/h1-2,8H,3-7H2. The van der Waals surface area contributed by atoms with E-state index in [-0.39, 0.29) is 6.42 Å². The molecule has 84 valence electrons. The van der Waals surface area contributed by atoms with Crippen molar-refractivity contribution in [3.63, 3.8) is 0 Å². The Labute approximate surface area is 79.8 Å². The maximum atomic E-state index is 12.2. The van der Waals surface area contributed by atoms with Crippen molar-refractivity contribution in [1.82, 2.24) is 0 Å². The third kappa shape index (κ3) is 4.58. The highest BCUT2D eigenvalue weighted by molar-refractivity contribution is 4.91. The summed E-state index contributed by atoms with van der Waals surface area (Å²) in [7, 11) is 0. The maximum absolute atomic E-state index is 12.2. The molecular weight excluding hydrogens is 203 g/mol. The van der Waals surface area contributed by atoms with Crippen molar-refractivity contribution in [1.29, 1.82) is 0 Å². The summed E-state index contributed by atoms with van der Waals surface area (Å²) in [4.78, 5) is 0. The Morgan fingerprint density at radius 1 is 0.929 bits per heavy atom. The van der Waals surface area contributed by atoms with E-state index in [1.165, 1.54) is 6.08 Å². The first-order valence-corrected chi connectivity index (χ1v) is 4.21. The van der Waals surface area contributed by atoms with Gasteiger partial charge in [0.25, 0.3) is 0 Å². The molecule has 0 heterocycles. The predicted octanol–water partition coefficient (Wildman–Crippen LogP) is 3.48. The number of rotatable bonds is 7. The quantitative estimate of drug-likeness (QED) is 0.451. The molecule has 0 bridgehead atoms. The zero-order valence-corrected chi connectivity index (χ0v) is 7.66. The molecule has 0 saturated heterocycles. The lowest BCUT2D eigenvalue weighted by Crippen LogP contribution is -2.27. The molecule has 0 aliphatic heterocycles. The van der Waals surface area contributed by atoms with Crippen LogP contribution in [-0.4, -0.2) is 26.4 Å². The first-order chi connectivity index (χ1) is 6.60. The zero-order valence-electron chi connectivity index (χ0n) is 7.66. The fraction of sp³-hybridized carbons (Fsp3) is 0.778. The molecule has 0 saturated carbocycles. The van der Waals surface area contributed by atoms with Crippen LogP contribution in [0.4, 0.5) is 22.0 Å². The Balaban J connectivity index is 3.99. The zero-order chi connectivity index (χ0) is 11.0. The van der Waals surface area contributed by atoms with E-state index in [2.05, 4.69) is 0 Å². The fourth-order valence-electron chi connectivity index (χ4n) is 0.803. The molecule has 0 aromatic rings. The minimum absolute atomic E-state index is 0.191. The second-order valence-corrected chi connectivity index (χ2v) is 3.20. The normalized spacial score (nSPS) is 13.0. The van der Waals surface area contributed by atoms with E-state index in [0.717, 1.165) is 6.08 Å². The van der Waals surface area contributed by atoms with E-state index < -0.39 is 38.3 Å². The first kappa shape index (κ1) is 13.4. The molecule has 0 amide bonds. The van der Waals surface area contributed by atoms with Gasteiger partial charge >= 0.3 is 0 Å². The van der Waals surface area contributed by atoms with Crippen LogP contribution >= 0.6 is 0 Å². The molecule has 0 N–H and O–H groups in total. The number of hydrogen-bond acceptors (Lipinski definition) is 0. The van der Waals surface area contributed by atoms with E-state index in [4.69, 9.17) is 0 Å². The summed E-state index contributed by atoms with van der Waals surface area (Å²) in [5.74, 6) is 0. The average Bonchev–Trinajstić information content (AvgIpc) is 2.19. The Hall–Kier alpha value is -0.610. The lowest BCUT2D eigenvalue weighted by molar-refractivity contribution is 0.115. The van der Waals surface area contributed by atoms with E-state index in [9.17, 15) is 22.0 Å². The maximum Gasteiger partial charge on any atom is 0.242 e. The van der Waals surface area contributed by atoms with Gasteiger partial charge in [-0.1, -0.05) is 12.2 Å². The van der Waals surface area contributed by atoms with Crippen molar-refractivity contribution in [3.8, 4) is 0 Å². The van der Waals surface area contributed by atoms with Gasteiger partial charge in [-0.3, -0.25) is 13.2 Å². The lowest BCUT2D eigenvalue weighted by atomic mass is 9.89.